The van der Waals surface area contributed by atoms with Crippen LogP contribution in [0.5, 0.6) is 5.75 Å². The lowest BCUT2D eigenvalue weighted by Crippen LogP contribution is -2.12. The van der Waals surface area contributed by atoms with Crippen LogP contribution in [-0.4, -0.2) is 6.61 Å². The van der Waals surface area contributed by atoms with Gasteiger partial charge in [-0.15, -0.1) is 0 Å². The van der Waals surface area contributed by atoms with E-state index in [1.807, 2.05) is 0 Å². The largest absolute Gasteiger partial charge is 0.491 e. The number of nitrogens with two attached hydrogens (primary N) is 1. The van der Waals surface area contributed by atoms with Crippen LogP contribution in [0.15, 0.2) is 12.1 Å². The number of fused-ring (bicyclic) bond motifs is 1. The lowest BCUT2D eigenvalue weighted by molar-refractivity contribution is 0.331. The summed E-state index contributed by atoms with van der Waals surface area (Å²) in [7, 11) is 0. The predicted molar refractivity (Wildman–Crippen MR) is 57.7 cm³/mol. The molecule has 1 aromatic rings. The molecule has 0 saturated heterocycles. The Kier molecular flexibility index (Phi) is 2.23. The molecule has 76 valence electrons. The van der Waals surface area contributed by atoms with Crippen molar-refractivity contribution in [3.05, 3.63) is 28.8 Å². The van der Waals surface area contributed by atoms with Gasteiger partial charge in [-0.2, -0.15) is 0 Å². The minimum atomic E-state index is 0.0577. The normalized spacial score (nSPS) is 19.6. The lowest BCUT2D eigenvalue weighted by Gasteiger charge is -2.14. The van der Waals surface area contributed by atoms with Crippen molar-refractivity contribution in [3.8, 4) is 5.75 Å². The van der Waals surface area contributed by atoms with Gasteiger partial charge in [0.25, 0.3) is 0 Å². The fraction of sp³-hybridized carbons (Fsp3) is 0.500. The van der Waals surface area contributed by atoms with Crippen LogP contribution in [0.4, 0.5) is 0 Å². The van der Waals surface area contributed by atoms with E-state index in [9.17, 15) is 0 Å². The van der Waals surface area contributed by atoms with Crippen molar-refractivity contribution in [2.75, 3.05) is 6.61 Å². The molecule has 2 heteroatoms. The van der Waals surface area contributed by atoms with Gasteiger partial charge in [0, 0.05) is 5.56 Å². The second-order valence-corrected chi connectivity index (χ2v) is 4.29. The van der Waals surface area contributed by atoms with E-state index in [4.69, 9.17) is 10.5 Å². The molecule has 1 heterocycles. The number of rotatable bonds is 1. The SMILES string of the molecule is Cc1ccc(C(C)C)c2c1OC[C@H]2N. The molecule has 2 N–H and O–H groups in total. The molecule has 0 bridgehead atoms. The Labute approximate surface area is 85.1 Å². The number of benzene rings is 1. The molecule has 0 aliphatic carbocycles. The highest BCUT2D eigenvalue weighted by Crippen LogP contribution is 2.39. The van der Waals surface area contributed by atoms with Crippen molar-refractivity contribution >= 4 is 0 Å². The van der Waals surface area contributed by atoms with Gasteiger partial charge in [-0.25, -0.2) is 0 Å². The van der Waals surface area contributed by atoms with Crippen LogP contribution < -0.4 is 10.5 Å². The fourth-order valence-electron chi connectivity index (χ4n) is 2.06. The van der Waals surface area contributed by atoms with Gasteiger partial charge in [0.2, 0.25) is 0 Å². The highest BCUT2D eigenvalue weighted by atomic mass is 16.5. The van der Waals surface area contributed by atoms with Crippen molar-refractivity contribution in [1.82, 2.24) is 0 Å². The molecule has 0 fully saturated rings. The summed E-state index contributed by atoms with van der Waals surface area (Å²) in [5.41, 5.74) is 9.77. The first-order valence-electron chi connectivity index (χ1n) is 5.13. The number of ether oxygens (including phenoxy) is 1. The summed E-state index contributed by atoms with van der Waals surface area (Å²) in [5.74, 6) is 1.53. The van der Waals surface area contributed by atoms with Gasteiger partial charge in [-0.1, -0.05) is 26.0 Å². The van der Waals surface area contributed by atoms with Gasteiger partial charge >= 0.3 is 0 Å². The Morgan fingerprint density at radius 1 is 1.43 bits per heavy atom. The van der Waals surface area contributed by atoms with Crippen LogP contribution in [0.3, 0.4) is 0 Å². The summed E-state index contributed by atoms with van der Waals surface area (Å²) in [4.78, 5) is 0. The second-order valence-electron chi connectivity index (χ2n) is 4.29. The molecule has 0 spiro atoms. The third-order valence-electron chi connectivity index (χ3n) is 2.83. The van der Waals surface area contributed by atoms with E-state index in [-0.39, 0.29) is 6.04 Å². The zero-order chi connectivity index (χ0) is 10.3. The number of aryl methyl sites for hydroxylation is 1. The molecule has 0 aromatic heterocycles. The molecule has 14 heavy (non-hydrogen) atoms. The van der Waals surface area contributed by atoms with E-state index < -0.39 is 0 Å². The average Bonchev–Trinajstić information content (AvgIpc) is 2.50. The Hall–Kier alpha value is -1.02. The average molecular weight is 191 g/mol. The van der Waals surface area contributed by atoms with Gasteiger partial charge in [0.05, 0.1) is 6.04 Å². The Morgan fingerprint density at radius 2 is 2.14 bits per heavy atom. The summed E-state index contributed by atoms with van der Waals surface area (Å²) in [5, 5.41) is 0. The van der Waals surface area contributed by atoms with E-state index in [0.717, 1.165) is 5.75 Å². The first-order chi connectivity index (χ1) is 6.61. The quantitative estimate of drug-likeness (QED) is 0.740. The summed E-state index contributed by atoms with van der Waals surface area (Å²) in [6.45, 7) is 7.08. The van der Waals surface area contributed by atoms with Crippen molar-refractivity contribution < 1.29 is 4.74 Å². The fourth-order valence-corrected chi connectivity index (χ4v) is 2.06. The summed E-state index contributed by atoms with van der Waals surface area (Å²) in [6.07, 6.45) is 0. The maximum Gasteiger partial charge on any atom is 0.127 e. The topological polar surface area (TPSA) is 35.2 Å². The van der Waals surface area contributed by atoms with Crippen LogP contribution in [0.25, 0.3) is 0 Å². The molecule has 2 nitrogen and oxygen atoms in total. The summed E-state index contributed by atoms with van der Waals surface area (Å²) < 4.78 is 5.61. The monoisotopic (exact) mass is 191 g/mol. The zero-order valence-electron chi connectivity index (χ0n) is 9.00. The first kappa shape index (κ1) is 9.53. The zero-order valence-corrected chi connectivity index (χ0v) is 9.00. The third-order valence-corrected chi connectivity index (χ3v) is 2.83. The van der Waals surface area contributed by atoms with Gasteiger partial charge in [0.15, 0.2) is 0 Å². The van der Waals surface area contributed by atoms with Crippen LogP contribution in [-0.2, 0) is 0 Å². The lowest BCUT2D eigenvalue weighted by atomic mass is 9.92. The third kappa shape index (κ3) is 1.30. The van der Waals surface area contributed by atoms with Gasteiger partial charge in [-0.3, -0.25) is 0 Å². The molecule has 0 radical (unpaired) electrons. The molecule has 0 amide bonds. The first-order valence-corrected chi connectivity index (χ1v) is 5.13. The Balaban J connectivity index is 2.60. The van der Waals surface area contributed by atoms with Crippen LogP contribution in [0.1, 0.15) is 42.5 Å². The number of hydrogen-bond donors (Lipinski definition) is 1. The van der Waals surface area contributed by atoms with E-state index in [2.05, 4.69) is 32.9 Å². The maximum absolute atomic E-state index is 6.03. The van der Waals surface area contributed by atoms with Crippen molar-refractivity contribution in [2.24, 2.45) is 5.73 Å². The summed E-state index contributed by atoms with van der Waals surface area (Å²) >= 11 is 0. The highest BCUT2D eigenvalue weighted by Gasteiger charge is 2.26. The molecule has 0 unspecified atom stereocenters. The van der Waals surface area contributed by atoms with Crippen molar-refractivity contribution in [1.29, 1.82) is 0 Å². The van der Waals surface area contributed by atoms with Crippen LogP contribution in [0, 0.1) is 6.92 Å². The molecule has 1 atom stereocenters. The van der Waals surface area contributed by atoms with E-state index in [1.54, 1.807) is 0 Å². The molecule has 1 aliphatic rings. The number of hydrogen-bond acceptors (Lipinski definition) is 2. The molecule has 2 rings (SSSR count). The summed E-state index contributed by atoms with van der Waals surface area (Å²) in [6, 6.07) is 4.35. The molecule has 1 aromatic carbocycles. The maximum atomic E-state index is 6.03. The molecule has 0 saturated carbocycles. The van der Waals surface area contributed by atoms with Gasteiger partial charge in [-0.05, 0) is 24.0 Å². The molecular formula is C12H17NO. The molecular weight excluding hydrogens is 174 g/mol. The van der Waals surface area contributed by atoms with Crippen molar-refractivity contribution in [3.63, 3.8) is 0 Å². The Morgan fingerprint density at radius 3 is 2.79 bits per heavy atom. The van der Waals surface area contributed by atoms with Gasteiger partial charge in [0.1, 0.15) is 12.4 Å². The minimum absolute atomic E-state index is 0.0577. The highest BCUT2D eigenvalue weighted by molar-refractivity contribution is 5.51. The van der Waals surface area contributed by atoms with E-state index in [0.29, 0.717) is 12.5 Å². The van der Waals surface area contributed by atoms with E-state index in [1.165, 1.54) is 16.7 Å². The second kappa shape index (κ2) is 3.28. The standard InChI is InChI=1S/C12H17NO/c1-7(2)9-5-4-8(3)12-11(9)10(13)6-14-12/h4-5,7,10H,6,13H2,1-3H3/t10-/m1/s1. The Bertz CT molecular complexity index is 358. The van der Waals surface area contributed by atoms with E-state index >= 15 is 0 Å². The van der Waals surface area contributed by atoms with Crippen LogP contribution in [0.2, 0.25) is 0 Å². The minimum Gasteiger partial charge on any atom is -0.491 e. The predicted octanol–water partition coefficient (Wildman–Crippen LogP) is 2.51. The van der Waals surface area contributed by atoms with Crippen LogP contribution >= 0.6 is 0 Å². The van der Waals surface area contributed by atoms with Crippen molar-refractivity contribution in [2.45, 2.75) is 32.7 Å². The van der Waals surface area contributed by atoms with Gasteiger partial charge < -0.3 is 10.5 Å². The molecule has 1 aliphatic heterocycles. The smallest absolute Gasteiger partial charge is 0.127 e.